The Hall–Kier alpha value is -3.25. The van der Waals surface area contributed by atoms with E-state index < -0.39 is 0 Å². The summed E-state index contributed by atoms with van der Waals surface area (Å²) in [5.41, 5.74) is 4.90. The van der Waals surface area contributed by atoms with Gasteiger partial charge in [-0.3, -0.25) is 9.89 Å². The number of amides is 1. The number of carbonyl (C=O) groups is 1. The molecule has 4 aromatic rings. The zero-order chi connectivity index (χ0) is 17.9. The van der Waals surface area contributed by atoms with Crippen LogP contribution in [-0.4, -0.2) is 21.1 Å². The fourth-order valence-electron chi connectivity index (χ4n) is 2.73. The van der Waals surface area contributed by atoms with Gasteiger partial charge in [0.15, 0.2) is 0 Å². The van der Waals surface area contributed by atoms with Crippen LogP contribution in [0.1, 0.15) is 16.1 Å². The standard InChI is InChI=1S/C20H16N4OS/c1-13-11-18(24-23-13)16-7-2-3-8-17(16)22-19(25)14-5-4-6-15(12-14)20-21-9-10-26-20/h2-12H,1H3,(H,22,25)(H,23,24). The van der Waals surface area contributed by atoms with Gasteiger partial charge in [0, 0.05) is 34.0 Å². The number of thiazole rings is 1. The molecule has 2 heterocycles. The Morgan fingerprint density at radius 1 is 1.12 bits per heavy atom. The predicted molar refractivity (Wildman–Crippen MR) is 104 cm³/mol. The van der Waals surface area contributed by atoms with Crippen molar-refractivity contribution in [3.05, 3.63) is 77.4 Å². The Kier molecular flexibility index (Phi) is 4.33. The average molecular weight is 360 g/mol. The molecule has 0 aliphatic carbocycles. The molecule has 0 unspecified atom stereocenters. The third kappa shape index (κ3) is 3.27. The predicted octanol–water partition coefficient (Wildman–Crippen LogP) is 4.76. The van der Waals surface area contributed by atoms with E-state index in [2.05, 4.69) is 20.5 Å². The fourth-order valence-corrected chi connectivity index (χ4v) is 3.36. The minimum Gasteiger partial charge on any atom is -0.321 e. The van der Waals surface area contributed by atoms with Gasteiger partial charge in [0.1, 0.15) is 5.01 Å². The summed E-state index contributed by atoms with van der Waals surface area (Å²) < 4.78 is 0. The number of para-hydroxylation sites is 1. The number of aryl methyl sites for hydroxylation is 1. The van der Waals surface area contributed by atoms with Crippen LogP contribution in [0.3, 0.4) is 0 Å². The van der Waals surface area contributed by atoms with Gasteiger partial charge in [0.05, 0.1) is 11.4 Å². The molecule has 2 aromatic carbocycles. The van der Waals surface area contributed by atoms with Crippen LogP contribution in [0.4, 0.5) is 5.69 Å². The van der Waals surface area contributed by atoms with Gasteiger partial charge in [0.25, 0.3) is 5.91 Å². The molecule has 0 atom stereocenters. The molecule has 0 aliphatic heterocycles. The molecule has 0 radical (unpaired) electrons. The van der Waals surface area contributed by atoms with Crippen molar-refractivity contribution in [1.82, 2.24) is 15.2 Å². The number of aromatic amines is 1. The van der Waals surface area contributed by atoms with E-state index in [1.54, 1.807) is 23.6 Å². The molecule has 0 aliphatic rings. The van der Waals surface area contributed by atoms with Gasteiger partial charge in [-0.1, -0.05) is 30.3 Å². The highest BCUT2D eigenvalue weighted by Crippen LogP contribution is 2.28. The van der Waals surface area contributed by atoms with Crippen molar-refractivity contribution < 1.29 is 4.79 Å². The summed E-state index contributed by atoms with van der Waals surface area (Å²) in [6.07, 6.45) is 1.76. The first kappa shape index (κ1) is 16.2. The molecular weight excluding hydrogens is 344 g/mol. The van der Waals surface area contributed by atoms with Gasteiger partial charge in [-0.25, -0.2) is 4.98 Å². The van der Waals surface area contributed by atoms with Crippen LogP contribution >= 0.6 is 11.3 Å². The summed E-state index contributed by atoms with van der Waals surface area (Å²) in [5, 5.41) is 13.0. The zero-order valence-electron chi connectivity index (χ0n) is 14.1. The second-order valence-electron chi connectivity index (χ2n) is 5.85. The quantitative estimate of drug-likeness (QED) is 0.551. The monoisotopic (exact) mass is 360 g/mol. The van der Waals surface area contributed by atoms with E-state index in [0.717, 1.165) is 33.2 Å². The number of benzene rings is 2. The number of rotatable bonds is 4. The van der Waals surface area contributed by atoms with Gasteiger partial charge in [0.2, 0.25) is 0 Å². The first-order valence-corrected chi connectivity index (χ1v) is 9.01. The van der Waals surface area contributed by atoms with Gasteiger partial charge in [-0.05, 0) is 31.2 Å². The maximum absolute atomic E-state index is 12.8. The molecule has 0 fully saturated rings. The van der Waals surface area contributed by atoms with Crippen molar-refractivity contribution in [3.8, 4) is 21.8 Å². The smallest absolute Gasteiger partial charge is 0.255 e. The molecule has 0 saturated carbocycles. The lowest BCUT2D eigenvalue weighted by Gasteiger charge is -2.10. The molecular formula is C20H16N4OS. The molecule has 6 heteroatoms. The zero-order valence-corrected chi connectivity index (χ0v) is 14.9. The first-order chi connectivity index (χ1) is 12.7. The molecule has 2 aromatic heterocycles. The van der Waals surface area contributed by atoms with E-state index in [-0.39, 0.29) is 5.91 Å². The molecule has 0 saturated heterocycles. The maximum atomic E-state index is 12.8. The number of H-pyrrole nitrogens is 1. The Labute approximate surface area is 154 Å². The number of carbonyl (C=O) groups excluding carboxylic acids is 1. The van der Waals surface area contributed by atoms with Crippen LogP contribution in [0.5, 0.6) is 0 Å². The number of hydrogen-bond donors (Lipinski definition) is 2. The molecule has 128 valence electrons. The van der Waals surface area contributed by atoms with Crippen LogP contribution in [0, 0.1) is 6.92 Å². The Balaban J connectivity index is 1.63. The Morgan fingerprint density at radius 3 is 2.77 bits per heavy atom. The molecule has 26 heavy (non-hydrogen) atoms. The maximum Gasteiger partial charge on any atom is 0.255 e. The second-order valence-corrected chi connectivity index (χ2v) is 6.75. The van der Waals surface area contributed by atoms with Crippen molar-refractivity contribution in [3.63, 3.8) is 0 Å². The number of aromatic nitrogens is 3. The molecule has 5 nitrogen and oxygen atoms in total. The van der Waals surface area contributed by atoms with Crippen LogP contribution < -0.4 is 5.32 Å². The largest absolute Gasteiger partial charge is 0.321 e. The van der Waals surface area contributed by atoms with E-state index in [4.69, 9.17) is 0 Å². The van der Waals surface area contributed by atoms with E-state index in [9.17, 15) is 4.79 Å². The van der Waals surface area contributed by atoms with Gasteiger partial charge >= 0.3 is 0 Å². The van der Waals surface area contributed by atoms with Crippen LogP contribution in [-0.2, 0) is 0 Å². The van der Waals surface area contributed by atoms with E-state index in [1.165, 1.54) is 0 Å². The minimum atomic E-state index is -0.164. The molecule has 4 rings (SSSR count). The van der Waals surface area contributed by atoms with Crippen molar-refractivity contribution in [2.75, 3.05) is 5.32 Å². The molecule has 2 N–H and O–H groups in total. The van der Waals surface area contributed by atoms with E-state index in [0.29, 0.717) is 5.56 Å². The SMILES string of the molecule is Cc1cc(-c2ccccc2NC(=O)c2cccc(-c3nccs3)c2)n[nH]1. The summed E-state index contributed by atoms with van der Waals surface area (Å²) in [7, 11) is 0. The highest BCUT2D eigenvalue weighted by Gasteiger charge is 2.13. The topological polar surface area (TPSA) is 70.7 Å². The number of nitrogens with zero attached hydrogens (tertiary/aromatic N) is 2. The van der Waals surface area contributed by atoms with Crippen molar-refractivity contribution >= 4 is 22.9 Å². The molecule has 1 amide bonds. The van der Waals surface area contributed by atoms with Crippen molar-refractivity contribution in [2.24, 2.45) is 0 Å². The second kappa shape index (κ2) is 6.93. The normalized spacial score (nSPS) is 10.7. The third-order valence-corrected chi connectivity index (χ3v) is 4.78. The van der Waals surface area contributed by atoms with Gasteiger partial charge in [-0.2, -0.15) is 5.10 Å². The summed E-state index contributed by atoms with van der Waals surface area (Å²) >= 11 is 1.55. The van der Waals surface area contributed by atoms with E-state index in [1.807, 2.05) is 60.8 Å². The Bertz CT molecular complexity index is 1050. The number of nitrogens with one attached hydrogen (secondary N) is 2. The lowest BCUT2D eigenvalue weighted by molar-refractivity contribution is 0.102. The van der Waals surface area contributed by atoms with Crippen LogP contribution in [0.2, 0.25) is 0 Å². The minimum absolute atomic E-state index is 0.164. The highest BCUT2D eigenvalue weighted by atomic mass is 32.1. The summed E-state index contributed by atoms with van der Waals surface area (Å²) in [4.78, 5) is 17.1. The highest BCUT2D eigenvalue weighted by molar-refractivity contribution is 7.13. The lowest BCUT2D eigenvalue weighted by atomic mass is 10.1. The van der Waals surface area contributed by atoms with Crippen molar-refractivity contribution in [2.45, 2.75) is 6.92 Å². The number of hydrogen-bond acceptors (Lipinski definition) is 4. The third-order valence-electron chi connectivity index (χ3n) is 3.96. The molecule has 0 bridgehead atoms. The van der Waals surface area contributed by atoms with Gasteiger partial charge < -0.3 is 5.32 Å². The van der Waals surface area contributed by atoms with Gasteiger partial charge in [-0.15, -0.1) is 11.3 Å². The Morgan fingerprint density at radius 2 is 2.00 bits per heavy atom. The summed E-state index contributed by atoms with van der Waals surface area (Å²) in [6.45, 7) is 1.95. The number of anilines is 1. The van der Waals surface area contributed by atoms with Crippen LogP contribution in [0.25, 0.3) is 21.8 Å². The molecule has 0 spiro atoms. The van der Waals surface area contributed by atoms with Crippen molar-refractivity contribution in [1.29, 1.82) is 0 Å². The lowest BCUT2D eigenvalue weighted by Crippen LogP contribution is -2.12. The first-order valence-electron chi connectivity index (χ1n) is 8.13. The average Bonchev–Trinajstić information content (AvgIpc) is 3.34. The summed E-state index contributed by atoms with van der Waals surface area (Å²) in [6, 6.07) is 17.1. The van der Waals surface area contributed by atoms with Crippen LogP contribution in [0.15, 0.2) is 66.2 Å². The summed E-state index contributed by atoms with van der Waals surface area (Å²) in [5.74, 6) is -0.164. The fraction of sp³-hybridized carbons (Fsp3) is 0.0500. The van der Waals surface area contributed by atoms with E-state index >= 15 is 0 Å².